The SMILES string of the molecule is CCCCCCCCN1c2cccc3c(N=Nc4ccc(N=Nc5ccc(S(=O)(=O)N(CCO)CCO)cc5)c5ccccc45)ccc(c23)N(CCCCCCCC)C1(C)CCC. The summed E-state index contributed by atoms with van der Waals surface area (Å²) in [7, 11) is -3.89. The first kappa shape index (κ1) is 47.7. The second kappa shape index (κ2) is 23.3. The van der Waals surface area contributed by atoms with Crippen molar-refractivity contribution in [3.05, 3.63) is 91.0 Å². The largest absolute Gasteiger partial charge is 0.395 e. The highest BCUT2D eigenvalue weighted by atomic mass is 32.2. The average Bonchev–Trinajstić information content (AvgIpc) is 3.29. The van der Waals surface area contributed by atoms with Gasteiger partial charge in [-0.2, -0.15) is 9.42 Å². The van der Waals surface area contributed by atoms with Gasteiger partial charge in [0.1, 0.15) is 5.66 Å². The summed E-state index contributed by atoms with van der Waals surface area (Å²) in [6.45, 7) is 10.5. The fraction of sp³-hybridized carbons (Fsp3) is 0.490. The highest BCUT2D eigenvalue weighted by Gasteiger charge is 2.42. The molecule has 0 fully saturated rings. The summed E-state index contributed by atoms with van der Waals surface area (Å²) in [5.74, 6) is 0. The lowest BCUT2D eigenvalue weighted by Gasteiger charge is -2.55. The summed E-state index contributed by atoms with van der Waals surface area (Å²) in [5, 5.41) is 41.7. The van der Waals surface area contributed by atoms with Crippen LogP contribution in [0.2, 0.25) is 0 Å². The van der Waals surface area contributed by atoms with Crippen molar-refractivity contribution in [2.45, 2.75) is 128 Å². The molecular weight excluding hydrogens is 807 g/mol. The van der Waals surface area contributed by atoms with Crippen LogP contribution in [-0.2, 0) is 10.0 Å². The van der Waals surface area contributed by atoms with Crippen molar-refractivity contribution in [2.24, 2.45) is 20.5 Å². The molecule has 11 nitrogen and oxygen atoms in total. The number of anilines is 2. The number of rotatable bonds is 26. The van der Waals surface area contributed by atoms with E-state index in [0.29, 0.717) is 11.4 Å². The van der Waals surface area contributed by atoms with Crippen molar-refractivity contribution in [3.63, 3.8) is 0 Å². The lowest BCUT2D eigenvalue weighted by Crippen LogP contribution is -2.62. The van der Waals surface area contributed by atoms with Gasteiger partial charge in [0.15, 0.2) is 0 Å². The van der Waals surface area contributed by atoms with Crippen LogP contribution in [0.4, 0.5) is 34.1 Å². The van der Waals surface area contributed by atoms with E-state index in [1.165, 1.54) is 106 Å². The molecule has 0 amide bonds. The molecule has 0 saturated heterocycles. The summed E-state index contributed by atoms with van der Waals surface area (Å²) < 4.78 is 27.2. The molecule has 0 aliphatic carbocycles. The first-order chi connectivity index (χ1) is 30.7. The molecule has 338 valence electrons. The van der Waals surface area contributed by atoms with E-state index < -0.39 is 10.0 Å². The predicted octanol–water partition coefficient (Wildman–Crippen LogP) is 13.7. The van der Waals surface area contributed by atoms with E-state index >= 15 is 0 Å². The molecule has 1 aliphatic heterocycles. The smallest absolute Gasteiger partial charge is 0.243 e. The maximum atomic E-state index is 13.1. The van der Waals surface area contributed by atoms with Gasteiger partial charge in [0.2, 0.25) is 10.0 Å². The number of nitrogens with zero attached hydrogens (tertiary/aromatic N) is 7. The Bertz CT molecular complexity index is 2370. The Kier molecular flexibility index (Phi) is 17.6. The van der Waals surface area contributed by atoms with Crippen molar-refractivity contribution >= 4 is 65.7 Å². The highest BCUT2D eigenvalue weighted by Crippen LogP contribution is 2.50. The minimum Gasteiger partial charge on any atom is -0.395 e. The fourth-order valence-electron chi connectivity index (χ4n) is 9.19. The highest BCUT2D eigenvalue weighted by molar-refractivity contribution is 7.89. The zero-order valence-electron chi connectivity index (χ0n) is 38.1. The summed E-state index contributed by atoms with van der Waals surface area (Å²) in [6, 6.07) is 29.0. The van der Waals surface area contributed by atoms with Gasteiger partial charge in [-0.05, 0) is 80.8 Å². The number of aliphatic hydroxyl groups is 2. The van der Waals surface area contributed by atoms with Gasteiger partial charge < -0.3 is 20.0 Å². The number of hydrogen-bond donors (Lipinski definition) is 2. The third kappa shape index (κ3) is 11.3. The first-order valence-corrected chi connectivity index (χ1v) is 24.9. The van der Waals surface area contributed by atoms with Crippen molar-refractivity contribution < 1.29 is 18.6 Å². The summed E-state index contributed by atoms with van der Waals surface area (Å²) >= 11 is 0. The number of unbranched alkanes of at least 4 members (excludes halogenated alkanes) is 10. The van der Waals surface area contributed by atoms with Gasteiger partial charge in [-0.3, -0.25) is 0 Å². The summed E-state index contributed by atoms with van der Waals surface area (Å²) in [5.41, 5.74) is 5.15. The van der Waals surface area contributed by atoms with E-state index in [-0.39, 0.29) is 36.9 Å². The van der Waals surface area contributed by atoms with Gasteiger partial charge in [0.05, 0.1) is 40.9 Å². The van der Waals surface area contributed by atoms with Crippen molar-refractivity contribution in [1.29, 1.82) is 0 Å². The van der Waals surface area contributed by atoms with E-state index in [1.54, 1.807) is 12.1 Å². The normalized spacial score (nSPS) is 15.6. The molecule has 0 saturated carbocycles. The van der Waals surface area contributed by atoms with Crippen molar-refractivity contribution in [3.8, 4) is 0 Å². The molecule has 1 unspecified atom stereocenters. The minimum absolute atomic E-state index is 0.0466. The van der Waals surface area contributed by atoms with E-state index in [4.69, 9.17) is 10.2 Å². The molecule has 0 spiro atoms. The van der Waals surface area contributed by atoms with Gasteiger partial charge in [-0.15, -0.1) is 15.3 Å². The van der Waals surface area contributed by atoms with E-state index in [1.807, 2.05) is 36.4 Å². The van der Waals surface area contributed by atoms with Crippen LogP contribution in [0, 0.1) is 0 Å². The topological polar surface area (TPSA) is 134 Å². The zero-order valence-corrected chi connectivity index (χ0v) is 38.9. The Morgan fingerprint density at radius 3 is 1.56 bits per heavy atom. The summed E-state index contributed by atoms with van der Waals surface area (Å²) in [4.78, 5) is 5.50. The molecule has 0 bridgehead atoms. The Labute approximate surface area is 376 Å². The number of fused-ring (bicyclic) bond motifs is 1. The Morgan fingerprint density at radius 2 is 1.02 bits per heavy atom. The monoisotopic (exact) mass is 876 g/mol. The Hall–Kier alpha value is -4.75. The van der Waals surface area contributed by atoms with Gasteiger partial charge in [-0.1, -0.05) is 128 Å². The molecule has 0 radical (unpaired) electrons. The van der Waals surface area contributed by atoms with Crippen molar-refractivity contribution in [1.82, 2.24) is 4.31 Å². The van der Waals surface area contributed by atoms with Crippen LogP contribution in [0.3, 0.4) is 0 Å². The molecule has 0 aromatic heterocycles. The van der Waals surface area contributed by atoms with Crippen LogP contribution in [0.5, 0.6) is 0 Å². The van der Waals surface area contributed by atoms with Crippen LogP contribution in [0.15, 0.2) is 116 Å². The van der Waals surface area contributed by atoms with Gasteiger partial charge >= 0.3 is 0 Å². The second-order valence-electron chi connectivity index (χ2n) is 17.0. The average molecular weight is 876 g/mol. The molecule has 12 heteroatoms. The maximum absolute atomic E-state index is 13.1. The standard InChI is InChI=1S/C51H69N7O4S/c1-5-8-10-12-14-18-34-57-48-24-20-23-44-47(31-32-49(50(44)48)58(51(57,4)33-7-3)35-19-15-13-11-9-6-2)55-54-46-30-29-45(42-21-16-17-22-43(42)46)53-52-40-25-27-41(28-26-40)63(61,62)56(36-38-59)37-39-60/h16-17,20-32,59-60H,5-15,18-19,33-39H2,1-4H3. The van der Waals surface area contributed by atoms with Gasteiger partial charge in [0, 0.05) is 59.1 Å². The number of benzene rings is 5. The molecule has 6 rings (SSSR count). The molecule has 1 atom stereocenters. The molecule has 5 aromatic rings. The van der Waals surface area contributed by atoms with Crippen LogP contribution in [0.25, 0.3) is 21.5 Å². The lowest BCUT2D eigenvalue weighted by atomic mass is 9.91. The molecule has 63 heavy (non-hydrogen) atoms. The number of azo groups is 2. The molecule has 5 aromatic carbocycles. The molecule has 1 aliphatic rings. The Balaban J connectivity index is 1.30. The lowest BCUT2D eigenvalue weighted by molar-refractivity contribution is 0.217. The molecular formula is C51H69N7O4S. The van der Waals surface area contributed by atoms with E-state index in [2.05, 4.69) is 78.1 Å². The third-order valence-corrected chi connectivity index (χ3v) is 14.4. The number of hydrogen-bond acceptors (Lipinski definition) is 10. The molecule has 1 heterocycles. The molecule has 2 N–H and O–H groups in total. The first-order valence-electron chi connectivity index (χ1n) is 23.5. The maximum Gasteiger partial charge on any atom is 0.243 e. The zero-order chi connectivity index (χ0) is 44.7. The quantitative estimate of drug-likeness (QED) is 0.0420. The fourth-order valence-corrected chi connectivity index (χ4v) is 10.6. The van der Waals surface area contributed by atoms with Crippen molar-refractivity contribution in [2.75, 3.05) is 49.2 Å². The van der Waals surface area contributed by atoms with Crippen LogP contribution < -0.4 is 9.80 Å². The van der Waals surface area contributed by atoms with E-state index in [9.17, 15) is 18.6 Å². The van der Waals surface area contributed by atoms with Crippen LogP contribution in [-0.4, -0.2) is 68.0 Å². The van der Waals surface area contributed by atoms with Gasteiger partial charge in [-0.25, -0.2) is 8.42 Å². The third-order valence-electron chi connectivity index (χ3n) is 12.5. The van der Waals surface area contributed by atoms with E-state index in [0.717, 1.165) is 57.8 Å². The van der Waals surface area contributed by atoms with Crippen LogP contribution >= 0.6 is 0 Å². The van der Waals surface area contributed by atoms with Gasteiger partial charge in [0.25, 0.3) is 0 Å². The minimum atomic E-state index is -3.89. The Morgan fingerprint density at radius 1 is 0.540 bits per heavy atom. The number of aliphatic hydroxyl groups excluding tert-OH is 2. The number of sulfonamides is 1. The second-order valence-corrected chi connectivity index (χ2v) is 18.9. The van der Waals surface area contributed by atoms with Crippen LogP contribution in [0.1, 0.15) is 118 Å². The summed E-state index contributed by atoms with van der Waals surface area (Å²) in [6.07, 6.45) is 17.4. The predicted molar refractivity (Wildman–Crippen MR) is 260 cm³/mol.